The number of rotatable bonds is 2. The summed E-state index contributed by atoms with van der Waals surface area (Å²) in [5.74, 6) is 0. The van der Waals surface area contributed by atoms with E-state index in [-0.39, 0.29) is 10.9 Å². The summed E-state index contributed by atoms with van der Waals surface area (Å²) in [7, 11) is 0.359. The summed E-state index contributed by atoms with van der Waals surface area (Å²) in [5.41, 5.74) is 2.86. The van der Waals surface area contributed by atoms with Crippen LogP contribution >= 0.6 is 11.6 Å². The Morgan fingerprint density at radius 2 is 2.11 bits per heavy atom. The molecular weight excluding hydrogens is 282 g/mol. The first kappa shape index (κ1) is 14.7. The van der Waals surface area contributed by atoms with Crippen molar-refractivity contribution in [1.82, 2.24) is 0 Å². The molecule has 0 radical (unpaired) electrons. The first-order valence-electron chi connectivity index (χ1n) is 6.15. The second kappa shape index (κ2) is 5.35. The van der Waals surface area contributed by atoms with Gasteiger partial charge in [0, 0.05) is 24.1 Å². The van der Waals surface area contributed by atoms with Gasteiger partial charge in [0.25, 0.3) is 0 Å². The first-order valence-corrected chi connectivity index (χ1v) is 7.63. The minimum absolute atomic E-state index is 0.139. The van der Waals surface area contributed by atoms with Crippen molar-refractivity contribution in [3.8, 4) is 0 Å². The van der Waals surface area contributed by atoms with Crippen molar-refractivity contribution in [3.63, 3.8) is 0 Å². The molecule has 1 aliphatic rings. The molecule has 0 spiro atoms. The lowest BCUT2D eigenvalue weighted by Gasteiger charge is -2.16. The Morgan fingerprint density at radius 3 is 2.68 bits per heavy atom. The second-order valence-corrected chi connectivity index (χ2v) is 7.91. The van der Waals surface area contributed by atoms with Gasteiger partial charge in [0.05, 0.1) is 10.5 Å². The average molecular weight is 300 g/mol. The van der Waals surface area contributed by atoms with E-state index in [4.69, 9.17) is 16.3 Å². The molecule has 2 rings (SSSR count). The summed E-state index contributed by atoms with van der Waals surface area (Å²) in [4.78, 5) is 0. The smallest absolute Gasteiger partial charge is 0.145 e. The van der Waals surface area contributed by atoms with Crippen LogP contribution in [-0.2, 0) is 22.1 Å². The molecule has 0 aromatic heterocycles. The minimum Gasteiger partial charge on any atom is -0.375 e. The van der Waals surface area contributed by atoms with Gasteiger partial charge in [-0.25, -0.2) is 4.21 Å². The zero-order valence-corrected chi connectivity index (χ0v) is 13.1. The van der Waals surface area contributed by atoms with Gasteiger partial charge in [-0.2, -0.15) is 4.40 Å². The molecule has 1 aromatic carbocycles. The largest absolute Gasteiger partial charge is 0.375 e. The predicted molar refractivity (Wildman–Crippen MR) is 80.4 cm³/mol. The lowest BCUT2D eigenvalue weighted by Crippen LogP contribution is -2.25. The molecule has 2 atom stereocenters. The Hall–Kier alpha value is -0.710. The molecule has 1 aromatic rings. The van der Waals surface area contributed by atoms with Gasteiger partial charge < -0.3 is 4.74 Å². The van der Waals surface area contributed by atoms with Gasteiger partial charge in [-0.05, 0) is 38.5 Å². The summed E-state index contributed by atoms with van der Waals surface area (Å²) < 4.78 is 21.7. The molecule has 1 unspecified atom stereocenters. The molecule has 0 saturated carbocycles. The molecular formula is C14H18ClNO2S. The lowest BCUT2D eigenvalue weighted by molar-refractivity contribution is 0.160. The van der Waals surface area contributed by atoms with Crippen LogP contribution in [0.5, 0.6) is 0 Å². The summed E-state index contributed by atoms with van der Waals surface area (Å²) in [6, 6.07) is 5.68. The van der Waals surface area contributed by atoms with E-state index in [1.54, 1.807) is 7.11 Å². The highest BCUT2D eigenvalue weighted by Gasteiger charge is 2.31. The first-order chi connectivity index (χ1) is 8.82. The maximum absolute atomic E-state index is 12.2. The number of hydrogen-bond acceptors (Lipinski definition) is 2. The molecule has 5 heteroatoms. The van der Waals surface area contributed by atoms with Gasteiger partial charge >= 0.3 is 0 Å². The molecule has 1 aliphatic carbocycles. The molecule has 0 amide bonds. The number of nitrogens with zero attached hydrogens (tertiary/aromatic N) is 1. The fourth-order valence-electron chi connectivity index (χ4n) is 1.98. The highest BCUT2D eigenvalue weighted by molar-refractivity contribution is 7.85. The summed E-state index contributed by atoms with van der Waals surface area (Å²) in [5, 5.41) is 0.701. The van der Waals surface area contributed by atoms with Crippen LogP contribution < -0.4 is 0 Å². The van der Waals surface area contributed by atoms with Crippen molar-refractivity contribution in [3.05, 3.63) is 34.3 Å². The van der Waals surface area contributed by atoms with E-state index in [2.05, 4.69) is 4.40 Å². The monoisotopic (exact) mass is 299 g/mol. The van der Waals surface area contributed by atoms with Crippen LogP contribution in [0.15, 0.2) is 22.6 Å². The van der Waals surface area contributed by atoms with Crippen LogP contribution in [0.3, 0.4) is 0 Å². The number of hydrogen-bond donors (Lipinski definition) is 0. The number of benzene rings is 1. The Labute approximate surface area is 121 Å². The SMILES string of the molecule is CO[C@H]1Cc2cc(Cl)ccc2C1=NS(=O)C(C)(C)C. The predicted octanol–water partition coefficient (Wildman–Crippen LogP) is 3.16. The number of halogens is 1. The van der Waals surface area contributed by atoms with Crippen LogP contribution in [0.25, 0.3) is 0 Å². The lowest BCUT2D eigenvalue weighted by atomic mass is 10.1. The Kier molecular flexibility index (Phi) is 4.14. The Morgan fingerprint density at radius 1 is 1.42 bits per heavy atom. The maximum Gasteiger partial charge on any atom is 0.145 e. The van der Waals surface area contributed by atoms with E-state index in [0.717, 1.165) is 23.3 Å². The maximum atomic E-state index is 12.2. The van der Waals surface area contributed by atoms with Crippen molar-refractivity contribution in [1.29, 1.82) is 0 Å². The van der Waals surface area contributed by atoms with Crippen molar-refractivity contribution < 1.29 is 8.95 Å². The topological polar surface area (TPSA) is 38.7 Å². The van der Waals surface area contributed by atoms with Crippen LogP contribution in [0.1, 0.15) is 31.9 Å². The van der Waals surface area contributed by atoms with E-state index in [9.17, 15) is 4.21 Å². The van der Waals surface area contributed by atoms with Crippen molar-refractivity contribution in [2.24, 2.45) is 4.40 Å². The normalized spacial score (nSPS) is 22.6. The molecule has 0 bridgehead atoms. The fourth-order valence-corrected chi connectivity index (χ4v) is 2.84. The van der Waals surface area contributed by atoms with Gasteiger partial charge in [-0.15, -0.1) is 0 Å². The van der Waals surface area contributed by atoms with E-state index in [0.29, 0.717) is 5.02 Å². The molecule has 0 saturated heterocycles. The van der Waals surface area contributed by atoms with Gasteiger partial charge in [-0.3, -0.25) is 0 Å². The molecule has 0 aliphatic heterocycles. The second-order valence-electron chi connectivity index (χ2n) is 5.57. The van der Waals surface area contributed by atoms with Gasteiger partial charge in [-0.1, -0.05) is 17.7 Å². The van der Waals surface area contributed by atoms with Crippen LogP contribution in [-0.4, -0.2) is 27.9 Å². The standard InChI is InChI=1S/C14H18ClNO2S/c1-14(2,3)19(17)16-13-11-6-5-10(15)7-9(11)8-12(13)18-4/h5-7,12H,8H2,1-4H3/t12-,19?/m0/s1. The van der Waals surface area contributed by atoms with Gasteiger partial charge in [0.2, 0.25) is 0 Å². The van der Waals surface area contributed by atoms with Gasteiger partial charge in [0.15, 0.2) is 0 Å². The van der Waals surface area contributed by atoms with E-state index in [1.165, 1.54) is 0 Å². The molecule has 0 N–H and O–H groups in total. The number of fused-ring (bicyclic) bond motifs is 1. The quantitative estimate of drug-likeness (QED) is 0.841. The summed E-state index contributed by atoms with van der Waals surface area (Å²) in [6.45, 7) is 5.73. The molecule has 3 nitrogen and oxygen atoms in total. The van der Waals surface area contributed by atoms with Crippen LogP contribution in [0.2, 0.25) is 5.02 Å². The van der Waals surface area contributed by atoms with Crippen molar-refractivity contribution in [2.75, 3.05) is 7.11 Å². The summed E-state index contributed by atoms with van der Waals surface area (Å²) in [6.07, 6.45) is 0.590. The molecule has 19 heavy (non-hydrogen) atoms. The van der Waals surface area contributed by atoms with Crippen LogP contribution in [0, 0.1) is 0 Å². The number of ether oxygens (including phenoxy) is 1. The highest BCUT2D eigenvalue weighted by atomic mass is 35.5. The molecule has 0 heterocycles. The van der Waals surface area contributed by atoms with E-state index in [1.807, 2.05) is 39.0 Å². The van der Waals surface area contributed by atoms with E-state index < -0.39 is 11.0 Å². The zero-order valence-electron chi connectivity index (χ0n) is 11.6. The Bertz CT molecular complexity index is 549. The van der Waals surface area contributed by atoms with Crippen molar-refractivity contribution in [2.45, 2.75) is 38.0 Å². The van der Waals surface area contributed by atoms with E-state index >= 15 is 0 Å². The molecule has 0 fully saturated rings. The summed E-state index contributed by atoms with van der Waals surface area (Å²) >= 11 is 6.00. The fraction of sp³-hybridized carbons (Fsp3) is 0.500. The van der Waals surface area contributed by atoms with Crippen molar-refractivity contribution >= 4 is 28.3 Å². The Balaban J connectivity index is 2.45. The number of methoxy groups -OCH3 is 1. The van der Waals surface area contributed by atoms with Crippen LogP contribution in [0.4, 0.5) is 0 Å². The highest BCUT2D eigenvalue weighted by Crippen LogP contribution is 2.28. The average Bonchev–Trinajstić information content (AvgIpc) is 2.65. The third kappa shape index (κ3) is 3.07. The van der Waals surface area contributed by atoms with Gasteiger partial charge in [0.1, 0.15) is 17.1 Å². The minimum atomic E-state index is -1.29. The molecule has 104 valence electrons. The third-order valence-corrected chi connectivity index (χ3v) is 4.69. The zero-order chi connectivity index (χ0) is 14.2. The third-order valence-electron chi connectivity index (χ3n) is 3.04.